The maximum absolute atomic E-state index is 13.0. The van der Waals surface area contributed by atoms with Gasteiger partial charge in [-0.25, -0.2) is 0 Å². The number of carbonyl (C=O) groups excluding carboxylic acids is 1. The monoisotopic (exact) mass is 328 g/mol. The van der Waals surface area contributed by atoms with E-state index in [2.05, 4.69) is 0 Å². The predicted octanol–water partition coefficient (Wildman–Crippen LogP) is 4.33. The molecule has 0 aliphatic carbocycles. The summed E-state index contributed by atoms with van der Waals surface area (Å²) in [6, 6.07) is 9.18. The van der Waals surface area contributed by atoms with E-state index < -0.39 is 19.7 Å². The zero-order valence-corrected chi connectivity index (χ0v) is 14.7. The zero-order chi connectivity index (χ0) is 16.8. The van der Waals surface area contributed by atoms with Gasteiger partial charge in [-0.05, 0) is 33.3 Å². The van der Waals surface area contributed by atoms with E-state index in [1.165, 1.54) is 6.92 Å². The van der Waals surface area contributed by atoms with Crippen molar-refractivity contribution >= 4 is 13.6 Å². The number of esters is 1. The van der Waals surface area contributed by atoms with Crippen molar-refractivity contribution in [2.75, 3.05) is 6.16 Å². The molecule has 1 rings (SSSR count). The van der Waals surface area contributed by atoms with Crippen LogP contribution in [0.25, 0.3) is 0 Å². The molecule has 0 heterocycles. The minimum Gasteiger partial charge on any atom is -0.457 e. The van der Waals surface area contributed by atoms with Gasteiger partial charge in [0.2, 0.25) is 0 Å². The highest BCUT2D eigenvalue weighted by Crippen LogP contribution is 2.53. The van der Waals surface area contributed by atoms with Crippen LogP contribution in [0.1, 0.15) is 46.3 Å². The molecule has 0 fully saturated rings. The summed E-state index contributed by atoms with van der Waals surface area (Å²) in [6.07, 6.45) is -1.17. The molecule has 22 heavy (non-hydrogen) atoms. The minimum absolute atomic E-state index is 0.00699. The Bertz CT molecular complexity index is 499. The van der Waals surface area contributed by atoms with Gasteiger partial charge >= 0.3 is 13.6 Å². The molecule has 0 bridgehead atoms. The van der Waals surface area contributed by atoms with Gasteiger partial charge < -0.3 is 13.8 Å². The van der Waals surface area contributed by atoms with E-state index in [-0.39, 0.29) is 18.4 Å². The number of carbonyl (C=O) groups is 1. The van der Waals surface area contributed by atoms with Crippen LogP contribution >= 0.6 is 7.60 Å². The lowest BCUT2D eigenvalue weighted by Crippen LogP contribution is -2.18. The van der Waals surface area contributed by atoms with Gasteiger partial charge in [-0.1, -0.05) is 30.3 Å². The molecular weight excluding hydrogens is 303 g/mol. The lowest BCUT2D eigenvalue weighted by molar-refractivity contribution is -0.145. The quantitative estimate of drug-likeness (QED) is 0.525. The smallest absolute Gasteiger partial charge is 0.335 e. The molecule has 124 valence electrons. The Morgan fingerprint density at radius 2 is 1.55 bits per heavy atom. The molecule has 0 aliphatic rings. The summed E-state index contributed by atoms with van der Waals surface area (Å²) in [4.78, 5) is 11.4. The Balaban J connectivity index is 3.02. The maximum atomic E-state index is 13.0. The standard InChI is InChI=1S/C16H25O5P/c1-12(2)20-22(18,21-13(3)4)11-16(19-14(5)17)15-9-7-6-8-10-15/h6-10,12-13,16H,11H2,1-5H3. The first-order chi connectivity index (χ1) is 10.2. The van der Waals surface area contributed by atoms with Gasteiger partial charge in [0.25, 0.3) is 0 Å². The van der Waals surface area contributed by atoms with Gasteiger partial charge in [0.05, 0.1) is 18.4 Å². The Morgan fingerprint density at radius 1 is 1.05 bits per heavy atom. The number of rotatable bonds is 8. The highest BCUT2D eigenvalue weighted by molar-refractivity contribution is 7.53. The Morgan fingerprint density at radius 3 is 1.95 bits per heavy atom. The third kappa shape index (κ3) is 6.73. The van der Waals surface area contributed by atoms with Crippen molar-refractivity contribution in [1.29, 1.82) is 0 Å². The van der Waals surface area contributed by atoms with Gasteiger partial charge in [-0.15, -0.1) is 0 Å². The summed E-state index contributed by atoms with van der Waals surface area (Å²) in [5, 5.41) is 0. The fraction of sp³-hybridized carbons (Fsp3) is 0.562. The van der Waals surface area contributed by atoms with Crippen LogP contribution in [0.3, 0.4) is 0 Å². The normalized spacial score (nSPS) is 13.4. The van der Waals surface area contributed by atoms with Crippen molar-refractivity contribution in [2.45, 2.75) is 52.9 Å². The van der Waals surface area contributed by atoms with Crippen molar-refractivity contribution in [3.63, 3.8) is 0 Å². The molecule has 1 atom stereocenters. The summed E-state index contributed by atoms with van der Waals surface area (Å²) in [6.45, 7) is 8.49. The summed E-state index contributed by atoms with van der Waals surface area (Å²) >= 11 is 0. The van der Waals surface area contributed by atoms with Crippen molar-refractivity contribution in [3.8, 4) is 0 Å². The number of ether oxygens (including phenoxy) is 1. The fourth-order valence-corrected chi connectivity index (χ4v) is 4.23. The van der Waals surface area contributed by atoms with Crippen LogP contribution in [0.15, 0.2) is 30.3 Å². The number of hydrogen-bond acceptors (Lipinski definition) is 5. The molecular formula is C16H25O5P. The molecule has 1 unspecified atom stereocenters. The van der Waals surface area contributed by atoms with Gasteiger partial charge in [0.1, 0.15) is 6.10 Å². The van der Waals surface area contributed by atoms with Gasteiger partial charge in [0, 0.05) is 6.92 Å². The third-order valence-corrected chi connectivity index (χ3v) is 4.88. The topological polar surface area (TPSA) is 61.8 Å². The summed E-state index contributed by atoms with van der Waals surface area (Å²) in [5.41, 5.74) is 0.762. The molecule has 6 heteroatoms. The number of hydrogen-bond donors (Lipinski definition) is 0. The first-order valence-corrected chi connectivity index (χ1v) is 9.12. The molecule has 0 amide bonds. The second kappa shape index (κ2) is 8.47. The molecule has 1 aromatic rings. The summed E-state index contributed by atoms with van der Waals surface area (Å²) in [5.74, 6) is -0.436. The molecule has 0 aliphatic heterocycles. The summed E-state index contributed by atoms with van der Waals surface area (Å²) < 4.78 is 29.3. The molecule has 0 radical (unpaired) electrons. The largest absolute Gasteiger partial charge is 0.457 e. The lowest BCUT2D eigenvalue weighted by Gasteiger charge is -2.26. The fourth-order valence-electron chi connectivity index (χ4n) is 2.04. The molecule has 5 nitrogen and oxygen atoms in total. The zero-order valence-electron chi connectivity index (χ0n) is 13.8. The Hall–Kier alpha value is -1.16. The van der Waals surface area contributed by atoms with E-state index in [4.69, 9.17) is 13.8 Å². The first kappa shape index (κ1) is 18.9. The highest BCUT2D eigenvalue weighted by atomic mass is 31.2. The summed E-state index contributed by atoms with van der Waals surface area (Å²) in [7, 11) is -3.39. The lowest BCUT2D eigenvalue weighted by atomic mass is 10.1. The van der Waals surface area contributed by atoms with Crippen molar-refractivity contribution in [1.82, 2.24) is 0 Å². The highest BCUT2D eigenvalue weighted by Gasteiger charge is 2.33. The van der Waals surface area contributed by atoms with Crippen LogP contribution in [0.4, 0.5) is 0 Å². The van der Waals surface area contributed by atoms with Crippen LogP contribution in [-0.2, 0) is 23.1 Å². The van der Waals surface area contributed by atoms with Gasteiger partial charge in [0.15, 0.2) is 0 Å². The van der Waals surface area contributed by atoms with Crippen molar-refractivity contribution in [3.05, 3.63) is 35.9 Å². The van der Waals surface area contributed by atoms with E-state index in [1.807, 2.05) is 30.3 Å². The van der Waals surface area contributed by atoms with Crippen LogP contribution in [-0.4, -0.2) is 24.3 Å². The average Bonchev–Trinajstić information content (AvgIpc) is 2.36. The third-order valence-electron chi connectivity index (χ3n) is 2.61. The average molecular weight is 328 g/mol. The Kier molecular flexibility index (Phi) is 7.27. The Labute approximate surface area is 132 Å². The van der Waals surface area contributed by atoms with Gasteiger partial charge in [-0.2, -0.15) is 0 Å². The predicted molar refractivity (Wildman–Crippen MR) is 85.9 cm³/mol. The van der Waals surface area contributed by atoms with Crippen molar-refractivity contribution < 1.29 is 23.1 Å². The number of benzene rings is 1. The van der Waals surface area contributed by atoms with Crippen LogP contribution in [0, 0.1) is 0 Å². The second-order valence-electron chi connectivity index (χ2n) is 5.61. The van der Waals surface area contributed by atoms with Gasteiger partial charge in [-0.3, -0.25) is 9.36 Å². The second-order valence-corrected chi connectivity index (χ2v) is 7.62. The molecule has 0 saturated heterocycles. The van der Waals surface area contributed by atoms with Crippen molar-refractivity contribution in [2.24, 2.45) is 0 Å². The molecule has 0 saturated carbocycles. The maximum Gasteiger partial charge on any atom is 0.335 e. The molecule has 0 spiro atoms. The first-order valence-electron chi connectivity index (χ1n) is 7.40. The molecule has 1 aromatic carbocycles. The van der Waals surface area contributed by atoms with E-state index in [9.17, 15) is 9.36 Å². The van der Waals surface area contributed by atoms with E-state index in [0.29, 0.717) is 0 Å². The van der Waals surface area contributed by atoms with Crippen LogP contribution in [0.5, 0.6) is 0 Å². The molecule has 0 N–H and O–H groups in total. The SMILES string of the molecule is CC(=O)OC(CP(=O)(OC(C)C)OC(C)C)c1ccccc1. The molecule has 0 aromatic heterocycles. The minimum atomic E-state index is -3.39. The van der Waals surface area contributed by atoms with Crippen LogP contribution in [0.2, 0.25) is 0 Å². The van der Waals surface area contributed by atoms with E-state index in [1.54, 1.807) is 27.7 Å². The van der Waals surface area contributed by atoms with E-state index in [0.717, 1.165) is 5.56 Å². The van der Waals surface area contributed by atoms with Crippen LogP contribution < -0.4 is 0 Å². The van der Waals surface area contributed by atoms with E-state index >= 15 is 0 Å².